The Morgan fingerprint density at radius 3 is 2.43 bits per heavy atom. The number of imide groups is 2. The van der Waals surface area contributed by atoms with Crippen LogP contribution in [0, 0.1) is 11.3 Å². The molecule has 4 aliphatic rings. The number of anilines is 1. The number of hydrogen-bond acceptors (Lipinski definition) is 11. The Hall–Kier alpha value is -4.77. The molecule has 4 amide bonds. The maximum Gasteiger partial charge on any atom is 0.262 e. The van der Waals surface area contributed by atoms with Crippen molar-refractivity contribution >= 4 is 52.8 Å². The molecule has 1 N–H and O–H groups in total. The number of alkyl halides is 1. The molecule has 2 fully saturated rings. The Bertz CT molecular complexity index is 1960. The van der Waals surface area contributed by atoms with E-state index in [1.807, 2.05) is 18.5 Å². The van der Waals surface area contributed by atoms with Gasteiger partial charge in [-0.3, -0.25) is 29.4 Å². The van der Waals surface area contributed by atoms with Crippen LogP contribution < -0.4 is 19.7 Å². The van der Waals surface area contributed by atoms with Crippen LogP contribution in [0.1, 0.15) is 93.8 Å². The van der Waals surface area contributed by atoms with Gasteiger partial charge in [-0.1, -0.05) is 11.6 Å². The summed E-state index contributed by atoms with van der Waals surface area (Å²) >= 11 is 12.6. The van der Waals surface area contributed by atoms with Gasteiger partial charge in [-0.15, -0.1) is 11.6 Å². The number of fused-ring (bicyclic) bond motifs is 2. The predicted molar refractivity (Wildman–Crippen MR) is 194 cm³/mol. The Morgan fingerprint density at radius 1 is 0.925 bits per heavy atom. The van der Waals surface area contributed by atoms with E-state index < -0.39 is 29.7 Å². The van der Waals surface area contributed by atoms with Crippen molar-refractivity contribution in [2.24, 2.45) is 0 Å². The summed E-state index contributed by atoms with van der Waals surface area (Å²) in [6.07, 6.45) is 8.99. The number of benzene rings is 2. The number of aromatic nitrogens is 2. The summed E-state index contributed by atoms with van der Waals surface area (Å²) in [4.78, 5) is 62.4. The molecule has 0 bridgehead atoms. The van der Waals surface area contributed by atoms with E-state index >= 15 is 0 Å². The molecule has 2 aromatic carbocycles. The summed E-state index contributed by atoms with van der Waals surface area (Å²) in [6, 6.07) is 7.79. The molecule has 2 unspecified atom stereocenters. The molecule has 3 aliphatic heterocycles. The highest BCUT2D eigenvalue weighted by Gasteiger charge is 2.44. The molecule has 2 atom stereocenters. The van der Waals surface area contributed by atoms with Gasteiger partial charge in [-0.2, -0.15) is 5.26 Å². The van der Waals surface area contributed by atoms with E-state index in [0.717, 1.165) is 66.8 Å². The number of nitrogens with one attached hydrogen (secondary N) is 1. The molecule has 7 rings (SSSR count). The lowest BCUT2D eigenvalue weighted by Crippen LogP contribution is -2.54. The van der Waals surface area contributed by atoms with Crippen LogP contribution >= 0.6 is 23.2 Å². The zero-order valence-corrected chi connectivity index (χ0v) is 30.5. The monoisotopic (exact) mass is 760 g/mol. The van der Waals surface area contributed by atoms with Crippen molar-refractivity contribution in [3.63, 3.8) is 0 Å². The number of carbonyl (C=O) groups is 4. The Morgan fingerprint density at radius 2 is 1.70 bits per heavy atom. The van der Waals surface area contributed by atoms with Crippen LogP contribution in [0.25, 0.3) is 0 Å². The Balaban J connectivity index is 0.865. The normalized spacial score (nSPS) is 20.2. The smallest absolute Gasteiger partial charge is 0.262 e. The lowest BCUT2D eigenvalue weighted by Gasteiger charge is -2.32. The maximum atomic E-state index is 13.1. The zero-order chi connectivity index (χ0) is 37.1. The van der Waals surface area contributed by atoms with Crippen LogP contribution in [0.15, 0.2) is 36.7 Å². The second kappa shape index (κ2) is 16.1. The van der Waals surface area contributed by atoms with Crippen molar-refractivity contribution in [3.05, 3.63) is 75.1 Å². The van der Waals surface area contributed by atoms with Gasteiger partial charge >= 0.3 is 0 Å². The topological polar surface area (TPSA) is 164 Å². The molecule has 276 valence electrons. The van der Waals surface area contributed by atoms with Crippen LogP contribution in [0.2, 0.25) is 5.02 Å². The third-order valence-electron chi connectivity index (χ3n) is 10.2. The van der Waals surface area contributed by atoms with E-state index in [9.17, 15) is 24.4 Å². The average Bonchev–Trinajstić information content (AvgIpc) is 3.42. The first-order valence-corrected chi connectivity index (χ1v) is 18.8. The highest BCUT2D eigenvalue weighted by molar-refractivity contribution is 6.33. The minimum atomic E-state index is -1.01. The van der Waals surface area contributed by atoms with Crippen molar-refractivity contribution in [2.75, 3.05) is 43.7 Å². The van der Waals surface area contributed by atoms with Gasteiger partial charge in [0.15, 0.2) is 5.75 Å². The van der Waals surface area contributed by atoms with E-state index in [-0.39, 0.29) is 42.6 Å². The number of halogens is 2. The van der Waals surface area contributed by atoms with Gasteiger partial charge in [0.1, 0.15) is 24.5 Å². The Kier molecular flexibility index (Phi) is 11.1. The van der Waals surface area contributed by atoms with Crippen molar-refractivity contribution in [1.82, 2.24) is 20.2 Å². The summed E-state index contributed by atoms with van der Waals surface area (Å²) in [5.74, 6) is -0.323. The summed E-state index contributed by atoms with van der Waals surface area (Å²) in [5, 5.41) is 12.5. The lowest BCUT2D eigenvalue weighted by molar-refractivity contribution is -0.136. The summed E-state index contributed by atoms with van der Waals surface area (Å²) in [5.41, 5.74) is 3.80. The average molecular weight is 762 g/mol. The van der Waals surface area contributed by atoms with Crippen LogP contribution in [0.4, 0.5) is 5.95 Å². The van der Waals surface area contributed by atoms with Crippen LogP contribution in [-0.2, 0) is 20.7 Å². The summed E-state index contributed by atoms with van der Waals surface area (Å²) in [6.45, 7) is 2.65. The molecule has 0 saturated carbocycles. The molecule has 1 aliphatic carbocycles. The zero-order valence-electron chi connectivity index (χ0n) is 28.9. The summed E-state index contributed by atoms with van der Waals surface area (Å²) in [7, 11) is 0. The molecule has 4 heterocycles. The number of hydrogen-bond donors (Lipinski definition) is 1. The highest BCUT2D eigenvalue weighted by Crippen LogP contribution is 2.44. The van der Waals surface area contributed by atoms with Gasteiger partial charge in [0, 0.05) is 44.2 Å². The van der Waals surface area contributed by atoms with Gasteiger partial charge in [-0.05, 0) is 79.5 Å². The van der Waals surface area contributed by atoms with E-state index in [2.05, 4.69) is 16.3 Å². The van der Waals surface area contributed by atoms with E-state index in [1.54, 1.807) is 6.07 Å². The molecule has 0 spiro atoms. The SMILES string of the molecule is N#Cc1cc2c(c(Cl)c1OCCCl)CCCC2c1cnc(N2CCC(OCCCOc3ccc4c(c3)C(=O)N(C3CCC(=O)NC3=O)C4=O)CC2)nc1. The first kappa shape index (κ1) is 36.6. The fraction of sp³-hybridized carbons (Fsp3) is 0.447. The number of rotatable bonds is 12. The highest BCUT2D eigenvalue weighted by atomic mass is 35.5. The first-order valence-electron chi connectivity index (χ1n) is 17.9. The third kappa shape index (κ3) is 7.54. The fourth-order valence-corrected chi connectivity index (χ4v) is 7.98. The minimum Gasteiger partial charge on any atom is -0.493 e. The number of nitriles is 1. The second-order valence-corrected chi connectivity index (χ2v) is 14.2. The van der Waals surface area contributed by atoms with E-state index in [4.69, 9.17) is 47.4 Å². The van der Waals surface area contributed by atoms with Gasteiger partial charge in [0.05, 0.1) is 46.9 Å². The quantitative estimate of drug-likeness (QED) is 0.151. The molecule has 53 heavy (non-hydrogen) atoms. The second-order valence-electron chi connectivity index (χ2n) is 13.5. The van der Waals surface area contributed by atoms with Gasteiger partial charge in [-0.25, -0.2) is 9.97 Å². The van der Waals surface area contributed by atoms with Gasteiger partial charge < -0.3 is 19.1 Å². The number of piperidine rings is 2. The minimum absolute atomic E-state index is 0.0346. The van der Waals surface area contributed by atoms with E-state index in [0.29, 0.717) is 53.5 Å². The fourth-order valence-electron chi connectivity index (χ4n) is 7.54. The lowest BCUT2D eigenvalue weighted by atomic mass is 9.79. The van der Waals surface area contributed by atoms with Gasteiger partial charge in [0.2, 0.25) is 17.8 Å². The van der Waals surface area contributed by atoms with Crippen LogP contribution in [-0.4, -0.2) is 89.4 Å². The third-order valence-corrected chi connectivity index (χ3v) is 10.8. The molecular weight excluding hydrogens is 723 g/mol. The molecule has 3 aromatic rings. The largest absolute Gasteiger partial charge is 0.493 e. The molecular formula is C38H38Cl2N6O7. The maximum absolute atomic E-state index is 13.1. The summed E-state index contributed by atoms with van der Waals surface area (Å²) < 4.78 is 17.7. The molecule has 1 aromatic heterocycles. The van der Waals surface area contributed by atoms with Crippen molar-refractivity contribution in [3.8, 4) is 17.6 Å². The number of nitrogens with zero attached hydrogens (tertiary/aromatic N) is 5. The molecule has 2 saturated heterocycles. The van der Waals surface area contributed by atoms with Crippen LogP contribution in [0.5, 0.6) is 11.5 Å². The van der Waals surface area contributed by atoms with Crippen molar-refractivity contribution in [2.45, 2.75) is 69.4 Å². The van der Waals surface area contributed by atoms with Crippen molar-refractivity contribution < 1.29 is 33.4 Å². The number of ether oxygens (including phenoxy) is 3. The van der Waals surface area contributed by atoms with Crippen molar-refractivity contribution in [1.29, 1.82) is 5.26 Å². The first-order chi connectivity index (χ1) is 25.8. The standard InChI is InChI=1S/C38H38Cl2N6O7/c39-11-16-53-34-22(19-41)17-29-26(3-1-4-27(29)33(34)40)23-20-42-38(43-21-23)45-12-9-24(10-13-45)51-14-2-15-52-25-5-6-28-30(18-25)37(50)46(36(28)49)31-7-8-32(47)44-35(31)48/h5-6,17-18,20-21,24,26,31H,1-4,7-16H2,(H,44,47,48). The number of carbonyl (C=O) groups excluding carboxylic acids is 4. The Labute approximate surface area is 316 Å². The molecule has 15 heteroatoms. The van der Waals surface area contributed by atoms with E-state index in [1.165, 1.54) is 12.1 Å². The molecule has 13 nitrogen and oxygen atoms in total. The number of amides is 4. The predicted octanol–water partition coefficient (Wildman–Crippen LogP) is 4.94. The van der Waals surface area contributed by atoms with Crippen LogP contribution in [0.3, 0.4) is 0 Å². The van der Waals surface area contributed by atoms with Gasteiger partial charge in [0.25, 0.3) is 11.8 Å². The molecule has 0 radical (unpaired) electrons.